The number of nitrogens with zero attached hydrogens (tertiary/aromatic N) is 2. The fourth-order valence-corrected chi connectivity index (χ4v) is 5.93. The van der Waals surface area contributed by atoms with Crippen LogP contribution in [0.25, 0.3) is 10.9 Å². The van der Waals surface area contributed by atoms with Crippen molar-refractivity contribution in [3.8, 4) is 0 Å². The molecular formula is C25H31N3O3S. The summed E-state index contributed by atoms with van der Waals surface area (Å²) < 4.78 is 30.1. The number of carbonyl (C=O) groups excluding carboxylic acids is 1. The quantitative estimate of drug-likeness (QED) is 0.593. The summed E-state index contributed by atoms with van der Waals surface area (Å²) in [5, 5.41) is 3.91. The van der Waals surface area contributed by atoms with Crippen LogP contribution in [0.4, 0.5) is 0 Å². The number of piperidine rings is 1. The Morgan fingerprint density at radius 2 is 1.91 bits per heavy atom. The molecule has 1 aliphatic rings. The molecule has 0 spiro atoms. The molecule has 0 saturated carbocycles. The van der Waals surface area contributed by atoms with Crippen LogP contribution in [0.2, 0.25) is 0 Å². The summed E-state index contributed by atoms with van der Waals surface area (Å²) >= 11 is 0. The van der Waals surface area contributed by atoms with Crippen LogP contribution in [0.1, 0.15) is 30.9 Å². The van der Waals surface area contributed by atoms with E-state index in [1.807, 2.05) is 25.3 Å². The van der Waals surface area contributed by atoms with Crippen LogP contribution in [-0.4, -0.2) is 42.8 Å². The second-order valence-electron chi connectivity index (χ2n) is 8.55. The van der Waals surface area contributed by atoms with E-state index in [9.17, 15) is 13.2 Å². The van der Waals surface area contributed by atoms with Gasteiger partial charge >= 0.3 is 0 Å². The third-order valence-corrected chi connectivity index (χ3v) is 8.17. The molecule has 1 amide bonds. The highest BCUT2D eigenvalue weighted by Gasteiger charge is 2.33. The fraction of sp³-hybridized carbons (Fsp3) is 0.400. The van der Waals surface area contributed by atoms with E-state index in [0.29, 0.717) is 30.8 Å². The Balaban J connectivity index is 1.40. The molecular weight excluding hydrogens is 422 g/mol. The van der Waals surface area contributed by atoms with Crippen molar-refractivity contribution in [1.82, 2.24) is 14.2 Å². The van der Waals surface area contributed by atoms with Gasteiger partial charge in [0.1, 0.15) is 0 Å². The first-order chi connectivity index (χ1) is 15.4. The van der Waals surface area contributed by atoms with Gasteiger partial charge in [0.05, 0.1) is 10.8 Å². The lowest BCUT2D eigenvalue weighted by molar-refractivity contribution is -0.126. The Hall–Kier alpha value is -2.64. The first-order valence-electron chi connectivity index (χ1n) is 11.3. The second kappa shape index (κ2) is 9.46. The van der Waals surface area contributed by atoms with E-state index >= 15 is 0 Å². The lowest BCUT2D eigenvalue weighted by atomic mass is 9.98. The lowest BCUT2D eigenvalue weighted by Gasteiger charge is -2.31. The molecule has 32 heavy (non-hydrogen) atoms. The van der Waals surface area contributed by atoms with Gasteiger partial charge < -0.3 is 9.88 Å². The third-order valence-electron chi connectivity index (χ3n) is 6.31. The van der Waals surface area contributed by atoms with Gasteiger partial charge in [0.15, 0.2) is 0 Å². The number of hydrogen-bond acceptors (Lipinski definition) is 3. The molecule has 7 heteroatoms. The average Bonchev–Trinajstić information content (AvgIpc) is 3.23. The smallest absolute Gasteiger partial charge is 0.243 e. The van der Waals surface area contributed by atoms with E-state index in [1.54, 1.807) is 12.1 Å². The number of rotatable bonds is 7. The number of benzene rings is 2. The molecule has 0 unspecified atom stereocenters. The van der Waals surface area contributed by atoms with Gasteiger partial charge in [0.2, 0.25) is 15.9 Å². The Morgan fingerprint density at radius 1 is 1.12 bits per heavy atom. The summed E-state index contributed by atoms with van der Waals surface area (Å²) in [6.45, 7) is 6.17. The monoisotopic (exact) mass is 453 g/mol. The predicted molar refractivity (Wildman–Crippen MR) is 127 cm³/mol. The molecule has 170 valence electrons. The van der Waals surface area contributed by atoms with E-state index in [0.717, 1.165) is 23.9 Å². The Morgan fingerprint density at radius 3 is 2.66 bits per heavy atom. The molecule has 2 heterocycles. The summed E-state index contributed by atoms with van der Waals surface area (Å²) in [4.78, 5) is 13.0. The maximum atomic E-state index is 13.3. The standard InChI is InChI=1S/C25H31N3O3S/c1-3-27-16-13-21-17-23(10-11-24(21)27)32(30,31)28-15-4-5-22(18-28)25(29)26-14-12-20-8-6-19(2)7-9-20/h6-11,13,16-17,22H,3-5,12,14-15,18H2,1-2H3,(H,26,29)/t22-/m0/s1. The molecule has 1 N–H and O–H groups in total. The van der Waals surface area contributed by atoms with Gasteiger partial charge in [-0.15, -0.1) is 0 Å². The van der Waals surface area contributed by atoms with E-state index in [-0.39, 0.29) is 18.4 Å². The topological polar surface area (TPSA) is 71.4 Å². The highest BCUT2D eigenvalue weighted by Crippen LogP contribution is 2.27. The van der Waals surface area contributed by atoms with Crippen molar-refractivity contribution in [3.05, 3.63) is 65.9 Å². The largest absolute Gasteiger partial charge is 0.355 e. The minimum atomic E-state index is -3.64. The van der Waals surface area contributed by atoms with Crippen LogP contribution < -0.4 is 5.32 Å². The van der Waals surface area contributed by atoms with Crippen molar-refractivity contribution in [2.24, 2.45) is 5.92 Å². The zero-order valence-corrected chi connectivity index (χ0v) is 19.6. The van der Waals surface area contributed by atoms with Crippen LogP contribution in [0, 0.1) is 12.8 Å². The normalized spacial score (nSPS) is 17.5. The molecule has 6 nitrogen and oxygen atoms in total. The SMILES string of the molecule is CCn1ccc2cc(S(=O)(=O)N3CCC[C@H](C(=O)NCCc4ccc(C)cc4)C3)ccc21. The third kappa shape index (κ3) is 4.74. The fourth-order valence-electron chi connectivity index (χ4n) is 4.37. The lowest BCUT2D eigenvalue weighted by Crippen LogP contribution is -2.45. The molecule has 1 saturated heterocycles. The first kappa shape index (κ1) is 22.6. The zero-order valence-electron chi connectivity index (χ0n) is 18.8. The predicted octanol–water partition coefficient (Wildman–Crippen LogP) is 3.73. The minimum Gasteiger partial charge on any atom is -0.355 e. The molecule has 4 rings (SSSR count). The van der Waals surface area contributed by atoms with Crippen LogP contribution in [0.15, 0.2) is 59.6 Å². The van der Waals surface area contributed by atoms with Crippen LogP contribution in [0.5, 0.6) is 0 Å². The van der Waals surface area contributed by atoms with Crippen molar-refractivity contribution in [2.45, 2.75) is 44.6 Å². The number of sulfonamides is 1. The summed E-state index contributed by atoms with van der Waals surface area (Å²) in [6.07, 6.45) is 4.13. The number of fused-ring (bicyclic) bond motifs is 1. The molecule has 1 aromatic heterocycles. The van der Waals surface area contributed by atoms with Gasteiger partial charge in [0.25, 0.3) is 0 Å². The van der Waals surface area contributed by atoms with Crippen molar-refractivity contribution >= 4 is 26.8 Å². The Labute approximate surface area is 190 Å². The molecule has 1 atom stereocenters. The van der Waals surface area contributed by atoms with Gasteiger partial charge in [-0.25, -0.2) is 8.42 Å². The number of carbonyl (C=O) groups is 1. The van der Waals surface area contributed by atoms with E-state index < -0.39 is 10.0 Å². The van der Waals surface area contributed by atoms with Crippen molar-refractivity contribution in [1.29, 1.82) is 0 Å². The van der Waals surface area contributed by atoms with Crippen molar-refractivity contribution < 1.29 is 13.2 Å². The maximum Gasteiger partial charge on any atom is 0.243 e. The van der Waals surface area contributed by atoms with E-state index in [1.165, 1.54) is 15.4 Å². The maximum absolute atomic E-state index is 13.3. The van der Waals surface area contributed by atoms with E-state index in [2.05, 4.69) is 41.1 Å². The van der Waals surface area contributed by atoms with Gasteiger partial charge in [0, 0.05) is 43.3 Å². The summed E-state index contributed by atoms with van der Waals surface area (Å²) in [5.74, 6) is -0.381. The molecule has 0 aliphatic carbocycles. The highest BCUT2D eigenvalue weighted by atomic mass is 32.2. The van der Waals surface area contributed by atoms with Gasteiger partial charge in [-0.1, -0.05) is 29.8 Å². The van der Waals surface area contributed by atoms with Crippen molar-refractivity contribution in [3.63, 3.8) is 0 Å². The summed E-state index contributed by atoms with van der Waals surface area (Å²) in [6, 6.07) is 15.5. The van der Waals surface area contributed by atoms with Crippen LogP contribution in [0.3, 0.4) is 0 Å². The number of amides is 1. The summed E-state index contributed by atoms with van der Waals surface area (Å²) in [5.41, 5.74) is 3.41. The molecule has 0 radical (unpaired) electrons. The Kier molecular flexibility index (Phi) is 6.67. The van der Waals surface area contributed by atoms with Crippen LogP contribution in [-0.2, 0) is 27.8 Å². The summed E-state index contributed by atoms with van der Waals surface area (Å²) in [7, 11) is -3.64. The van der Waals surface area contributed by atoms with E-state index in [4.69, 9.17) is 0 Å². The van der Waals surface area contributed by atoms with Gasteiger partial charge in [-0.05, 0) is 62.9 Å². The molecule has 0 bridgehead atoms. The highest BCUT2D eigenvalue weighted by molar-refractivity contribution is 7.89. The number of aryl methyl sites for hydroxylation is 2. The molecule has 1 aliphatic heterocycles. The molecule has 3 aromatic rings. The first-order valence-corrected chi connectivity index (χ1v) is 12.7. The van der Waals surface area contributed by atoms with Crippen molar-refractivity contribution in [2.75, 3.05) is 19.6 Å². The number of hydrogen-bond donors (Lipinski definition) is 1. The van der Waals surface area contributed by atoms with Gasteiger partial charge in [-0.3, -0.25) is 4.79 Å². The molecule has 2 aromatic carbocycles. The minimum absolute atomic E-state index is 0.0625. The van der Waals surface area contributed by atoms with Gasteiger partial charge in [-0.2, -0.15) is 4.31 Å². The average molecular weight is 454 g/mol. The zero-order chi connectivity index (χ0) is 22.7. The Bertz CT molecular complexity index is 1200. The number of nitrogens with one attached hydrogen (secondary N) is 1. The molecule has 1 fully saturated rings. The second-order valence-corrected chi connectivity index (χ2v) is 10.5. The van der Waals surface area contributed by atoms with Crippen LogP contribution >= 0.6 is 0 Å². The number of aromatic nitrogens is 1.